The quantitative estimate of drug-likeness (QED) is 0.654. The van der Waals surface area contributed by atoms with Crippen LogP contribution in [-0.4, -0.2) is 72.2 Å². The maximum Gasteiger partial charge on any atom is 0.150 e. The van der Waals surface area contributed by atoms with Crippen LogP contribution in [0.3, 0.4) is 0 Å². The molecular weight excluding hydrogens is 404 g/mol. The Morgan fingerprint density at radius 3 is 2.59 bits per heavy atom. The van der Waals surface area contributed by atoms with Crippen molar-refractivity contribution in [1.82, 2.24) is 15.4 Å². The lowest BCUT2D eigenvalue weighted by molar-refractivity contribution is -0.116. The first kappa shape index (κ1) is 21.9. The smallest absolute Gasteiger partial charge is 0.150 e. The van der Waals surface area contributed by atoms with E-state index in [4.69, 9.17) is 9.26 Å². The minimum Gasteiger partial charge on any atom is -0.390 e. The van der Waals surface area contributed by atoms with E-state index < -0.39 is 0 Å². The highest BCUT2D eigenvalue weighted by Gasteiger charge is 2.31. The molecule has 3 aliphatic rings. The molecule has 3 atom stereocenters. The second kappa shape index (κ2) is 10.3. The van der Waals surface area contributed by atoms with Crippen molar-refractivity contribution in [3.8, 4) is 0 Å². The summed E-state index contributed by atoms with van der Waals surface area (Å²) in [6, 6.07) is 13.3. The van der Waals surface area contributed by atoms with Gasteiger partial charge in [0, 0.05) is 56.9 Å². The van der Waals surface area contributed by atoms with Gasteiger partial charge in [0.05, 0.1) is 30.6 Å². The van der Waals surface area contributed by atoms with Gasteiger partial charge in [-0.2, -0.15) is 0 Å². The van der Waals surface area contributed by atoms with Gasteiger partial charge in [-0.3, -0.25) is 4.90 Å². The van der Waals surface area contributed by atoms with Crippen LogP contribution in [0.2, 0.25) is 0 Å². The second-order valence-electron chi connectivity index (χ2n) is 9.56. The van der Waals surface area contributed by atoms with Gasteiger partial charge in [0.2, 0.25) is 0 Å². The van der Waals surface area contributed by atoms with Gasteiger partial charge in [-0.25, -0.2) is 0 Å². The zero-order chi connectivity index (χ0) is 21.8. The Morgan fingerprint density at radius 1 is 1.03 bits per heavy atom. The number of rotatable bonds is 8. The molecule has 1 aromatic carbocycles. The second-order valence-corrected chi connectivity index (χ2v) is 9.56. The Kier molecular flexibility index (Phi) is 7.07. The van der Waals surface area contributed by atoms with Crippen molar-refractivity contribution in [1.29, 1.82) is 0 Å². The minimum atomic E-state index is -0.374. The van der Waals surface area contributed by atoms with Crippen molar-refractivity contribution < 1.29 is 14.4 Å². The first-order chi connectivity index (χ1) is 15.7. The SMILES string of the molecule is O[C@H]1CC[C@@H](Cc2cc(CN3CCN(c4ccccc4)CC3)on2)O[C@@H]1CNC1CCC1. The van der Waals surface area contributed by atoms with Crippen LogP contribution in [-0.2, 0) is 17.7 Å². The Morgan fingerprint density at radius 2 is 1.84 bits per heavy atom. The van der Waals surface area contributed by atoms with Gasteiger partial charge >= 0.3 is 0 Å². The molecule has 7 heteroatoms. The largest absolute Gasteiger partial charge is 0.390 e. The molecular formula is C25H36N4O3. The first-order valence-corrected chi connectivity index (χ1v) is 12.3. The van der Waals surface area contributed by atoms with Crippen LogP contribution in [0.25, 0.3) is 0 Å². The van der Waals surface area contributed by atoms with Gasteiger partial charge in [-0.05, 0) is 37.8 Å². The number of hydrogen-bond acceptors (Lipinski definition) is 7. The Balaban J connectivity index is 1.07. The fourth-order valence-electron chi connectivity index (χ4n) is 4.96. The summed E-state index contributed by atoms with van der Waals surface area (Å²) in [5.41, 5.74) is 2.25. The van der Waals surface area contributed by atoms with E-state index in [9.17, 15) is 5.11 Å². The van der Waals surface area contributed by atoms with Crippen molar-refractivity contribution in [2.24, 2.45) is 0 Å². The maximum atomic E-state index is 10.3. The number of nitrogens with zero attached hydrogens (tertiary/aromatic N) is 3. The summed E-state index contributed by atoms with van der Waals surface area (Å²) in [5, 5.41) is 18.2. The normalized spacial score (nSPS) is 27.4. The molecule has 174 valence electrons. The Hall–Kier alpha value is -1.93. The summed E-state index contributed by atoms with van der Waals surface area (Å²) >= 11 is 0. The van der Waals surface area contributed by atoms with Gasteiger partial charge in [0.25, 0.3) is 0 Å². The lowest BCUT2D eigenvalue weighted by Gasteiger charge is -2.36. The van der Waals surface area contributed by atoms with Crippen molar-refractivity contribution in [2.45, 2.75) is 69.4 Å². The molecule has 1 saturated carbocycles. The van der Waals surface area contributed by atoms with Crippen molar-refractivity contribution in [2.75, 3.05) is 37.6 Å². The zero-order valence-electron chi connectivity index (χ0n) is 18.9. The van der Waals surface area contributed by atoms with Crippen LogP contribution in [0.15, 0.2) is 40.9 Å². The highest BCUT2D eigenvalue weighted by Crippen LogP contribution is 2.24. The lowest BCUT2D eigenvalue weighted by Crippen LogP contribution is -2.48. The predicted octanol–water partition coefficient (Wildman–Crippen LogP) is 2.59. The molecule has 2 N–H and O–H groups in total. The molecule has 7 nitrogen and oxygen atoms in total. The summed E-state index contributed by atoms with van der Waals surface area (Å²) in [4.78, 5) is 4.87. The van der Waals surface area contributed by atoms with E-state index in [0.29, 0.717) is 6.04 Å². The van der Waals surface area contributed by atoms with E-state index in [2.05, 4.69) is 56.7 Å². The molecule has 5 rings (SSSR count). The molecule has 2 aliphatic heterocycles. The van der Waals surface area contributed by atoms with Gasteiger partial charge in [-0.1, -0.05) is 29.8 Å². The lowest BCUT2D eigenvalue weighted by atomic mass is 9.92. The minimum absolute atomic E-state index is 0.0963. The average Bonchev–Trinajstić information content (AvgIpc) is 3.22. The molecule has 3 heterocycles. The highest BCUT2D eigenvalue weighted by atomic mass is 16.5. The summed E-state index contributed by atoms with van der Waals surface area (Å²) in [5.74, 6) is 0.923. The summed E-state index contributed by atoms with van der Waals surface area (Å²) < 4.78 is 11.9. The first-order valence-electron chi connectivity index (χ1n) is 12.3. The Bertz CT molecular complexity index is 833. The number of aromatic nitrogens is 1. The van der Waals surface area contributed by atoms with Crippen LogP contribution < -0.4 is 10.2 Å². The third-order valence-corrected chi connectivity index (χ3v) is 7.21. The van der Waals surface area contributed by atoms with E-state index in [1.54, 1.807) is 0 Å². The number of piperazine rings is 1. The van der Waals surface area contributed by atoms with E-state index in [1.807, 2.05) is 0 Å². The van der Waals surface area contributed by atoms with E-state index in [1.165, 1.54) is 24.9 Å². The molecule has 3 fully saturated rings. The number of ether oxygens (including phenoxy) is 1. The predicted molar refractivity (Wildman–Crippen MR) is 124 cm³/mol. The van der Waals surface area contributed by atoms with Crippen LogP contribution in [0.5, 0.6) is 0 Å². The summed E-state index contributed by atoms with van der Waals surface area (Å²) in [6.45, 7) is 5.63. The van der Waals surface area contributed by atoms with Gasteiger partial charge < -0.3 is 24.6 Å². The molecule has 32 heavy (non-hydrogen) atoms. The van der Waals surface area contributed by atoms with E-state index in [0.717, 1.165) is 70.0 Å². The number of nitrogens with one attached hydrogen (secondary N) is 1. The molecule has 0 spiro atoms. The molecule has 0 amide bonds. The number of benzene rings is 1. The fourth-order valence-corrected chi connectivity index (χ4v) is 4.96. The van der Waals surface area contributed by atoms with Gasteiger partial charge in [0.15, 0.2) is 5.76 Å². The van der Waals surface area contributed by atoms with E-state index in [-0.39, 0.29) is 18.3 Å². The topological polar surface area (TPSA) is 74.0 Å². The van der Waals surface area contributed by atoms with E-state index >= 15 is 0 Å². The van der Waals surface area contributed by atoms with Crippen LogP contribution in [0.1, 0.15) is 43.6 Å². The monoisotopic (exact) mass is 440 g/mol. The number of hydrogen-bond donors (Lipinski definition) is 2. The zero-order valence-corrected chi connectivity index (χ0v) is 18.9. The van der Waals surface area contributed by atoms with Crippen molar-refractivity contribution in [3.63, 3.8) is 0 Å². The molecule has 0 unspecified atom stereocenters. The number of para-hydroxylation sites is 1. The standard InChI is InChI=1S/C25H36N4O3/c30-24-10-9-22(31-25(24)17-26-19-5-4-6-19)15-20-16-23(32-27-20)18-28-11-13-29(14-12-28)21-7-2-1-3-8-21/h1-3,7-8,16,19,22,24-26,30H,4-6,9-15,17-18H2/t22-,24-,25+/m0/s1. The number of aliphatic hydroxyl groups excluding tert-OH is 1. The van der Waals surface area contributed by atoms with Crippen molar-refractivity contribution in [3.05, 3.63) is 47.9 Å². The molecule has 1 aromatic heterocycles. The van der Waals surface area contributed by atoms with Crippen LogP contribution in [0.4, 0.5) is 5.69 Å². The molecule has 1 aliphatic carbocycles. The maximum absolute atomic E-state index is 10.3. The number of aliphatic hydroxyl groups is 1. The summed E-state index contributed by atoms with van der Waals surface area (Å²) in [6.07, 6.45) is 5.80. The average molecular weight is 441 g/mol. The third-order valence-electron chi connectivity index (χ3n) is 7.21. The third kappa shape index (κ3) is 5.52. The van der Waals surface area contributed by atoms with Gasteiger partial charge in [-0.15, -0.1) is 0 Å². The summed E-state index contributed by atoms with van der Waals surface area (Å²) in [7, 11) is 0. The fraction of sp³-hybridized carbons (Fsp3) is 0.640. The van der Waals surface area contributed by atoms with Gasteiger partial charge in [0.1, 0.15) is 0 Å². The molecule has 0 radical (unpaired) electrons. The van der Waals surface area contributed by atoms with Crippen molar-refractivity contribution >= 4 is 5.69 Å². The molecule has 2 saturated heterocycles. The number of anilines is 1. The van der Waals surface area contributed by atoms with Crippen LogP contribution >= 0.6 is 0 Å². The Labute approximate surface area is 190 Å². The van der Waals surface area contributed by atoms with Crippen LogP contribution in [0, 0.1) is 0 Å². The molecule has 2 aromatic rings. The highest BCUT2D eigenvalue weighted by molar-refractivity contribution is 5.46. The molecule has 0 bridgehead atoms.